The number of rotatable bonds is 6. The van der Waals surface area contributed by atoms with E-state index in [1.54, 1.807) is 6.07 Å². The van der Waals surface area contributed by atoms with E-state index in [1.165, 1.54) is 37.2 Å². The number of carboxylic acids is 1. The van der Waals surface area contributed by atoms with E-state index in [2.05, 4.69) is 16.4 Å². The summed E-state index contributed by atoms with van der Waals surface area (Å²) in [5.41, 5.74) is 10.8. The fourth-order valence-electron chi connectivity index (χ4n) is 4.02. The number of fused-ring (bicyclic) bond motifs is 1. The van der Waals surface area contributed by atoms with Crippen LogP contribution in [0, 0.1) is 13.8 Å². The normalized spacial score (nSPS) is 15.5. The van der Waals surface area contributed by atoms with Crippen LogP contribution in [-0.2, 0) is 13.0 Å². The summed E-state index contributed by atoms with van der Waals surface area (Å²) < 4.78 is 2.26. The van der Waals surface area contributed by atoms with Gasteiger partial charge in [-0.15, -0.1) is 0 Å². The van der Waals surface area contributed by atoms with E-state index >= 15 is 0 Å². The molecular weight excluding hydrogens is 302 g/mol. The Bertz CT molecular complexity index is 758. The molecule has 1 aromatic heterocycles. The van der Waals surface area contributed by atoms with E-state index in [1.807, 2.05) is 13.0 Å². The Morgan fingerprint density at radius 1 is 1.21 bits per heavy atom. The first kappa shape index (κ1) is 17.0. The molecule has 1 aliphatic heterocycles. The number of carbonyl (C=O) groups is 1. The molecule has 2 heterocycles. The van der Waals surface area contributed by atoms with Crippen molar-refractivity contribution in [3.8, 4) is 0 Å². The number of aromatic nitrogens is 1. The number of hydrogen-bond acceptors (Lipinski definition) is 3. The highest BCUT2D eigenvalue weighted by atomic mass is 16.4. The molecule has 0 saturated carbocycles. The van der Waals surface area contributed by atoms with E-state index in [-0.39, 0.29) is 0 Å². The highest BCUT2D eigenvalue weighted by Crippen LogP contribution is 2.30. The molecule has 0 atom stereocenters. The summed E-state index contributed by atoms with van der Waals surface area (Å²) in [4.78, 5) is 14.0. The topological polar surface area (TPSA) is 71.5 Å². The summed E-state index contributed by atoms with van der Waals surface area (Å²) in [6.07, 6.45) is 3.54. The lowest BCUT2D eigenvalue weighted by molar-refractivity contribution is 0.0697. The minimum Gasteiger partial charge on any atom is -0.478 e. The number of likely N-dealkylation sites (tertiary alicyclic amines) is 1. The summed E-state index contributed by atoms with van der Waals surface area (Å²) in [6.45, 7) is 8.87. The minimum atomic E-state index is -0.866. The maximum Gasteiger partial charge on any atom is 0.335 e. The molecule has 0 unspecified atom stereocenters. The Labute approximate surface area is 143 Å². The monoisotopic (exact) mass is 329 g/mol. The van der Waals surface area contributed by atoms with Gasteiger partial charge in [-0.25, -0.2) is 4.79 Å². The van der Waals surface area contributed by atoms with Crippen LogP contribution >= 0.6 is 0 Å². The van der Waals surface area contributed by atoms with Gasteiger partial charge in [0.1, 0.15) is 0 Å². The second-order valence-corrected chi connectivity index (χ2v) is 6.80. The van der Waals surface area contributed by atoms with E-state index in [0.29, 0.717) is 12.1 Å². The Kier molecular flexibility index (Phi) is 4.92. The fraction of sp³-hybridized carbons (Fsp3) is 0.526. The van der Waals surface area contributed by atoms with Crippen molar-refractivity contribution in [1.82, 2.24) is 9.47 Å². The molecule has 24 heavy (non-hydrogen) atoms. The smallest absolute Gasteiger partial charge is 0.335 e. The van der Waals surface area contributed by atoms with Crippen LogP contribution in [0.2, 0.25) is 0 Å². The van der Waals surface area contributed by atoms with E-state index in [0.717, 1.165) is 36.0 Å². The fourth-order valence-corrected chi connectivity index (χ4v) is 4.02. The highest BCUT2D eigenvalue weighted by molar-refractivity contribution is 5.97. The van der Waals surface area contributed by atoms with Crippen LogP contribution < -0.4 is 5.73 Å². The number of benzene rings is 1. The molecule has 1 aromatic carbocycles. The van der Waals surface area contributed by atoms with Crippen LogP contribution in [-0.4, -0.2) is 46.7 Å². The van der Waals surface area contributed by atoms with Crippen LogP contribution in [0.4, 0.5) is 0 Å². The van der Waals surface area contributed by atoms with Gasteiger partial charge in [-0.2, -0.15) is 0 Å². The maximum absolute atomic E-state index is 11.5. The number of nitrogens with two attached hydrogens (primary N) is 1. The van der Waals surface area contributed by atoms with Gasteiger partial charge in [0.25, 0.3) is 0 Å². The predicted molar refractivity (Wildman–Crippen MR) is 96.8 cm³/mol. The molecule has 5 heteroatoms. The highest BCUT2D eigenvalue weighted by Gasteiger charge is 2.19. The number of hydrogen-bond donors (Lipinski definition) is 2. The van der Waals surface area contributed by atoms with Crippen molar-refractivity contribution < 1.29 is 9.90 Å². The van der Waals surface area contributed by atoms with Crippen molar-refractivity contribution in [3.05, 3.63) is 34.5 Å². The lowest BCUT2D eigenvalue weighted by Gasteiger charge is -2.14. The first-order chi connectivity index (χ1) is 11.5. The molecule has 3 rings (SSSR count). The van der Waals surface area contributed by atoms with Crippen molar-refractivity contribution in [2.45, 2.75) is 39.7 Å². The second kappa shape index (κ2) is 6.95. The van der Waals surface area contributed by atoms with Gasteiger partial charge in [0.05, 0.1) is 11.1 Å². The molecule has 0 aliphatic carbocycles. The third-order valence-corrected chi connectivity index (χ3v) is 5.21. The van der Waals surface area contributed by atoms with Crippen molar-refractivity contribution in [2.75, 3.05) is 26.2 Å². The zero-order valence-corrected chi connectivity index (χ0v) is 14.6. The summed E-state index contributed by atoms with van der Waals surface area (Å²) in [5, 5.41) is 10.5. The van der Waals surface area contributed by atoms with Gasteiger partial charge in [0, 0.05) is 30.7 Å². The number of nitrogens with zero attached hydrogens (tertiary/aromatic N) is 2. The van der Waals surface area contributed by atoms with Crippen LogP contribution in [0.3, 0.4) is 0 Å². The molecule has 130 valence electrons. The quantitative estimate of drug-likeness (QED) is 0.854. The van der Waals surface area contributed by atoms with E-state index in [4.69, 9.17) is 5.73 Å². The molecule has 5 nitrogen and oxygen atoms in total. The number of carboxylic acid groups (broad SMARTS) is 1. The van der Waals surface area contributed by atoms with Gasteiger partial charge in [0.15, 0.2) is 0 Å². The lowest BCUT2D eigenvalue weighted by atomic mass is 10.0. The largest absolute Gasteiger partial charge is 0.478 e. The summed E-state index contributed by atoms with van der Waals surface area (Å²) in [5.74, 6) is -0.866. The SMILES string of the molecule is Cc1cc(C(=O)O)cc2c(CCN3CCCC3)c(C)n(CCN)c12. The molecule has 0 radical (unpaired) electrons. The molecular formula is C19H27N3O2. The molecule has 3 N–H and O–H groups in total. The van der Waals surface area contributed by atoms with E-state index < -0.39 is 5.97 Å². The second-order valence-electron chi connectivity index (χ2n) is 6.80. The Morgan fingerprint density at radius 3 is 2.54 bits per heavy atom. The average molecular weight is 329 g/mol. The van der Waals surface area contributed by atoms with Gasteiger partial charge in [-0.1, -0.05) is 0 Å². The van der Waals surface area contributed by atoms with Crippen molar-refractivity contribution in [3.63, 3.8) is 0 Å². The van der Waals surface area contributed by atoms with Crippen LogP contribution in [0.25, 0.3) is 10.9 Å². The van der Waals surface area contributed by atoms with Crippen molar-refractivity contribution >= 4 is 16.9 Å². The molecule has 0 amide bonds. The molecule has 0 spiro atoms. The standard InChI is InChI=1S/C19H27N3O2/c1-13-11-15(19(23)24)12-17-16(5-9-21-7-3-4-8-21)14(2)22(10-6-20)18(13)17/h11-12H,3-10,20H2,1-2H3,(H,23,24). The van der Waals surface area contributed by atoms with Crippen molar-refractivity contribution in [2.24, 2.45) is 5.73 Å². The zero-order valence-electron chi connectivity index (χ0n) is 14.6. The zero-order chi connectivity index (χ0) is 17.3. The Balaban J connectivity index is 2.07. The lowest BCUT2D eigenvalue weighted by Crippen LogP contribution is -2.22. The van der Waals surface area contributed by atoms with E-state index in [9.17, 15) is 9.90 Å². The van der Waals surface area contributed by atoms with Gasteiger partial charge in [-0.05, 0) is 69.5 Å². The third-order valence-electron chi connectivity index (χ3n) is 5.21. The van der Waals surface area contributed by atoms with Crippen LogP contribution in [0.1, 0.15) is 40.0 Å². The minimum absolute atomic E-state index is 0.368. The molecule has 2 aromatic rings. The predicted octanol–water partition coefficient (Wildman–Crippen LogP) is 2.55. The number of aryl methyl sites for hydroxylation is 1. The maximum atomic E-state index is 11.5. The summed E-state index contributed by atoms with van der Waals surface area (Å²) >= 11 is 0. The van der Waals surface area contributed by atoms with Crippen LogP contribution in [0.5, 0.6) is 0 Å². The van der Waals surface area contributed by atoms with Gasteiger partial charge in [0.2, 0.25) is 0 Å². The third kappa shape index (κ3) is 3.06. The van der Waals surface area contributed by atoms with Gasteiger partial charge < -0.3 is 20.3 Å². The molecule has 1 fully saturated rings. The molecule has 1 saturated heterocycles. The number of aromatic carboxylic acids is 1. The first-order valence-electron chi connectivity index (χ1n) is 8.81. The molecule has 0 bridgehead atoms. The average Bonchev–Trinajstić information content (AvgIpc) is 3.14. The summed E-state index contributed by atoms with van der Waals surface area (Å²) in [6, 6.07) is 3.60. The molecule has 1 aliphatic rings. The summed E-state index contributed by atoms with van der Waals surface area (Å²) in [7, 11) is 0. The Morgan fingerprint density at radius 2 is 1.92 bits per heavy atom. The Hall–Kier alpha value is -1.85. The first-order valence-corrected chi connectivity index (χ1v) is 8.81. The van der Waals surface area contributed by atoms with Crippen molar-refractivity contribution in [1.29, 1.82) is 0 Å². The van der Waals surface area contributed by atoms with Gasteiger partial charge in [-0.3, -0.25) is 0 Å². The van der Waals surface area contributed by atoms with Crippen LogP contribution in [0.15, 0.2) is 12.1 Å². The van der Waals surface area contributed by atoms with Gasteiger partial charge >= 0.3 is 5.97 Å².